The highest BCUT2D eigenvalue weighted by molar-refractivity contribution is 7.11. The summed E-state index contributed by atoms with van der Waals surface area (Å²) in [5.41, 5.74) is 4.98. The molecule has 2 heterocycles. The van der Waals surface area contributed by atoms with Crippen LogP contribution in [0.3, 0.4) is 0 Å². The Morgan fingerprint density at radius 3 is 2.90 bits per heavy atom. The maximum Gasteiger partial charge on any atom is 0.330 e. The third kappa shape index (κ3) is 3.50. The summed E-state index contributed by atoms with van der Waals surface area (Å²) < 4.78 is 6.19. The molecule has 0 aliphatic carbocycles. The minimum atomic E-state index is -0.551. The van der Waals surface area contributed by atoms with E-state index in [0.717, 1.165) is 9.88 Å². The SMILES string of the molecule is COCCn1c(N)c(NCc2ncc(C)s2)c(=O)[nH]c1=O. The summed E-state index contributed by atoms with van der Waals surface area (Å²) in [6.07, 6.45) is 1.76. The van der Waals surface area contributed by atoms with Gasteiger partial charge in [-0.2, -0.15) is 0 Å². The van der Waals surface area contributed by atoms with Crippen molar-refractivity contribution in [2.24, 2.45) is 0 Å². The van der Waals surface area contributed by atoms with Crippen LogP contribution in [-0.4, -0.2) is 28.3 Å². The van der Waals surface area contributed by atoms with Gasteiger partial charge in [-0.05, 0) is 6.92 Å². The predicted octanol–water partition coefficient (Wildman–Crippen LogP) is 0.142. The van der Waals surface area contributed by atoms with Crippen molar-refractivity contribution < 1.29 is 4.74 Å². The minimum absolute atomic E-state index is 0.0917. The zero-order valence-corrected chi connectivity index (χ0v) is 12.6. The summed E-state index contributed by atoms with van der Waals surface area (Å²) in [4.78, 5) is 31.1. The van der Waals surface area contributed by atoms with Gasteiger partial charge in [-0.3, -0.25) is 14.3 Å². The van der Waals surface area contributed by atoms with Gasteiger partial charge in [-0.15, -0.1) is 11.3 Å². The number of thiazole rings is 1. The van der Waals surface area contributed by atoms with Crippen molar-refractivity contribution in [3.05, 3.63) is 36.9 Å². The number of hydrogen-bond acceptors (Lipinski definition) is 7. The number of nitrogens with zero attached hydrogens (tertiary/aromatic N) is 2. The van der Waals surface area contributed by atoms with Crippen LogP contribution < -0.4 is 22.3 Å². The Bertz CT molecular complexity index is 733. The van der Waals surface area contributed by atoms with E-state index in [9.17, 15) is 9.59 Å². The molecule has 0 aliphatic rings. The fraction of sp³-hybridized carbons (Fsp3) is 0.417. The highest BCUT2D eigenvalue weighted by atomic mass is 32.1. The molecule has 0 fully saturated rings. The second-order valence-electron chi connectivity index (χ2n) is 4.38. The second kappa shape index (κ2) is 6.55. The molecule has 0 spiro atoms. The molecule has 2 rings (SSSR count). The van der Waals surface area contributed by atoms with E-state index < -0.39 is 11.2 Å². The van der Waals surface area contributed by atoms with E-state index in [1.807, 2.05) is 6.92 Å². The van der Waals surface area contributed by atoms with Gasteiger partial charge in [0.15, 0.2) is 0 Å². The van der Waals surface area contributed by atoms with Crippen LogP contribution >= 0.6 is 11.3 Å². The van der Waals surface area contributed by atoms with Crippen LogP contribution in [0.15, 0.2) is 15.8 Å². The summed E-state index contributed by atoms with van der Waals surface area (Å²) in [6.45, 7) is 2.91. The van der Waals surface area contributed by atoms with Crippen molar-refractivity contribution in [3.8, 4) is 0 Å². The molecule has 0 bridgehead atoms. The van der Waals surface area contributed by atoms with Crippen LogP contribution in [-0.2, 0) is 17.8 Å². The van der Waals surface area contributed by atoms with Gasteiger partial charge in [0.1, 0.15) is 16.5 Å². The number of methoxy groups -OCH3 is 1. The molecule has 9 heteroatoms. The van der Waals surface area contributed by atoms with Crippen LogP contribution in [0, 0.1) is 6.92 Å². The number of ether oxygens (including phenoxy) is 1. The molecular formula is C12H17N5O3S. The molecule has 2 aromatic rings. The Morgan fingerprint density at radius 1 is 1.52 bits per heavy atom. The fourth-order valence-electron chi connectivity index (χ4n) is 1.81. The lowest BCUT2D eigenvalue weighted by atomic mass is 10.4. The Morgan fingerprint density at radius 2 is 2.29 bits per heavy atom. The Hall–Kier alpha value is -2.13. The summed E-state index contributed by atoms with van der Waals surface area (Å²) >= 11 is 1.52. The van der Waals surface area contributed by atoms with Crippen LogP contribution in [0.1, 0.15) is 9.88 Å². The molecule has 0 amide bonds. The first-order chi connectivity index (χ1) is 10.0. The van der Waals surface area contributed by atoms with E-state index in [2.05, 4.69) is 15.3 Å². The standard InChI is InChI=1S/C12H17N5O3S/c1-7-5-14-8(21-7)6-15-9-10(13)17(3-4-20-2)12(19)16-11(9)18/h5,15H,3-4,6,13H2,1-2H3,(H,16,18,19). The van der Waals surface area contributed by atoms with Gasteiger partial charge in [-0.25, -0.2) is 9.78 Å². The number of anilines is 2. The number of aryl methyl sites for hydroxylation is 1. The number of H-pyrrole nitrogens is 1. The van der Waals surface area contributed by atoms with Gasteiger partial charge in [0.25, 0.3) is 5.56 Å². The largest absolute Gasteiger partial charge is 0.383 e. The Labute approximate surface area is 124 Å². The molecule has 0 aliphatic heterocycles. The zero-order valence-electron chi connectivity index (χ0n) is 11.8. The van der Waals surface area contributed by atoms with Gasteiger partial charge < -0.3 is 15.8 Å². The Balaban J connectivity index is 2.26. The van der Waals surface area contributed by atoms with Gasteiger partial charge >= 0.3 is 5.69 Å². The maximum absolute atomic E-state index is 11.9. The maximum atomic E-state index is 11.9. The first-order valence-electron chi connectivity index (χ1n) is 6.29. The number of rotatable bonds is 6. The molecule has 2 aromatic heterocycles. The quantitative estimate of drug-likeness (QED) is 0.699. The number of nitrogens with one attached hydrogen (secondary N) is 2. The minimum Gasteiger partial charge on any atom is -0.383 e. The average Bonchev–Trinajstić information content (AvgIpc) is 2.84. The summed E-state index contributed by atoms with van der Waals surface area (Å²) in [7, 11) is 1.52. The first kappa shape index (κ1) is 15.3. The van der Waals surface area contributed by atoms with Crippen LogP contribution in [0.25, 0.3) is 0 Å². The summed E-state index contributed by atoms with van der Waals surface area (Å²) in [6, 6.07) is 0. The van der Waals surface area contributed by atoms with Gasteiger partial charge in [0, 0.05) is 18.2 Å². The average molecular weight is 311 g/mol. The highest BCUT2D eigenvalue weighted by Crippen LogP contribution is 2.15. The third-order valence-electron chi connectivity index (χ3n) is 2.84. The lowest BCUT2D eigenvalue weighted by molar-refractivity contribution is 0.186. The molecule has 4 N–H and O–H groups in total. The van der Waals surface area contributed by atoms with Gasteiger partial charge in [-0.1, -0.05) is 0 Å². The lowest BCUT2D eigenvalue weighted by Gasteiger charge is -2.12. The molecule has 0 atom stereocenters. The molecular weight excluding hydrogens is 294 g/mol. The van der Waals surface area contributed by atoms with Crippen molar-refractivity contribution >= 4 is 22.8 Å². The smallest absolute Gasteiger partial charge is 0.330 e. The van der Waals surface area contributed by atoms with Crippen molar-refractivity contribution in [2.45, 2.75) is 20.0 Å². The predicted molar refractivity (Wildman–Crippen MR) is 81.8 cm³/mol. The third-order valence-corrected chi connectivity index (χ3v) is 3.76. The topological polar surface area (TPSA) is 115 Å². The zero-order chi connectivity index (χ0) is 15.4. The van der Waals surface area contributed by atoms with E-state index in [4.69, 9.17) is 10.5 Å². The first-order valence-corrected chi connectivity index (χ1v) is 7.11. The molecule has 0 saturated heterocycles. The van der Waals surface area contributed by atoms with Crippen molar-refractivity contribution in [2.75, 3.05) is 24.8 Å². The monoisotopic (exact) mass is 311 g/mol. The van der Waals surface area contributed by atoms with E-state index >= 15 is 0 Å². The van der Waals surface area contributed by atoms with Crippen LogP contribution in [0.5, 0.6) is 0 Å². The van der Waals surface area contributed by atoms with Crippen molar-refractivity contribution in [1.82, 2.24) is 14.5 Å². The Kier molecular flexibility index (Phi) is 4.76. The molecule has 114 valence electrons. The number of nitrogen functional groups attached to an aromatic ring is 1. The number of aromatic nitrogens is 3. The number of aromatic amines is 1. The van der Waals surface area contributed by atoms with Gasteiger partial charge in [0.05, 0.1) is 19.7 Å². The van der Waals surface area contributed by atoms with Crippen molar-refractivity contribution in [3.63, 3.8) is 0 Å². The van der Waals surface area contributed by atoms with E-state index in [1.54, 1.807) is 6.20 Å². The highest BCUT2D eigenvalue weighted by Gasteiger charge is 2.12. The summed E-state index contributed by atoms with van der Waals surface area (Å²) in [5.74, 6) is 0.0917. The second-order valence-corrected chi connectivity index (χ2v) is 5.70. The summed E-state index contributed by atoms with van der Waals surface area (Å²) in [5, 5.41) is 3.77. The fourth-order valence-corrected chi connectivity index (χ4v) is 2.54. The van der Waals surface area contributed by atoms with E-state index in [-0.39, 0.29) is 18.1 Å². The molecule has 8 nitrogen and oxygen atoms in total. The number of nitrogens with two attached hydrogens (primary N) is 1. The molecule has 0 radical (unpaired) electrons. The molecule has 21 heavy (non-hydrogen) atoms. The molecule has 0 saturated carbocycles. The lowest BCUT2D eigenvalue weighted by Crippen LogP contribution is -2.34. The van der Waals surface area contributed by atoms with E-state index in [0.29, 0.717) is 13.2 Å². The van der Waals surface area contributed by atoms with Gasteiger partial charge in [0.2, 0.25) is 0 Å². The van der Waals surface area contributed by atoms with E-state index in [1.165, 1.54) is 23.0 Å². The molecule has 0 unspecified atom stereocenters. The number of hydrogen-bond donors (Lipinski definition) is 3. The van der Waals surface area contributed by atoms with Crippen LogP contribution in [0.4, 0.5) is 11.5 Å². The molecule has 0 aromatic carbocycles. The van der Waals surface area contributed by atoms with Crippen LogP contribution in [0.2, 0.25) is 0 Å². The van der Waals surface area contributed by atoms with Crippen molar-refractivity contribution in [1.29, 1.82) is 0 Å². The normalized spacial score (nSPS) is 10.8.